The molecule has 10 aromatic rings. The van der Waals surface area contributed by atoms with Crippen LogP contribution < -0.4 is 4.90 Å². The summed E-state index contributed by atoms with van der Waals surface area (Å²) in [6, 6.07) is 86.8. The van der Waals surface area contributed by atoms with Gasteiger partial charge in [-0.3, -0.25) is 0 Å². The second kappa shape index (κ2) is 13.9. The third-order valence-electron chi connectivity index (χ3n) is 12.1. The van der Waals surface area contributed by atoms with E-state index in [0.29, 0.717) is 0 Å². The number of fused-ring (bicyclic) bond motifs is 5. The van der Waals surface area contributed by atoms with Crippen LogP contribution in [0, 0.1) is 0 Å². The fourth-order valence-electron chi connectivity index (χ4n) is 9.59. The Hall–Kier alpha value is -7.48. The van der Waals surface area contributed by atoms with Gasteiger partial charge in [-0.05, 0) is 103 Å². The third kappa shape index (κ3) is 5.32. The first-order chi connectivity index (χ1) is 28.8. The molecule has 0 amide bonds. The highest BCUT2D eigenvalue weighted by Gasteiger charge is 2.48. The van der Waals surface area contributed by atoms with Crippen LogP contribution in [0.15, 0.2) is 237 Å². The first-order valence-electron chi connectivity index (χ1n) is 20.1. The molecule has 0 atom stereocenters. The molecular formula is C57H39N. The number of benzene rings is 10. The van der Waals surface area contributed by atoms with Gasteiger partial charge in [0.25, 0.3) is 0 Å². The molecule has 1 aliphatic carbocycles. The van der Waals surface area contributed by atoms with Gasteiger partial charge in [-0.15, -0.1) is 0 Å². The lowest BCUT2D eigenvalue weighted by Crippen LogP contribution is -2.28. The molecular weight excluding hydrogens is 699 g/mol. The topological polar surface area (TPSA) is 3.24 Å². The Morgan fingerprint density at radius 3 is 1.50 bits per heavy atom. The molecule has 0 aliphatic heterocycles. The normalized spacial score (nSPS) is 12.6. The van der Waals surface area contributed by atoms with Crippen LogP contribution in [-0.2, 0) is 5.41 Å². The van der Waals surface area contributed by atoms with Crippen molar-refractivity contribution in [3.63, 3.8) is 0 Å². The van der Waals surface area contributed by atoms with Crippen LogP contribution in [0.4, 0.5) is 17.1 Å². The van der Waals surface area contributed by atoms with E-state index in [9.17, 15) is 0 Å². The Bertz CT molecular complexity index is 3050. The summed E-state index contributed by atoms with van der Waals surface area (Å²) >= 11 is 0. The van der Waals surface area contributed by atoms with E-state index in [1.807, 2.05) is 0 Å². The minimum Gasteiger partial charge on any atom is -0.309 e. The standard InChI is InChI=1S/C57H39N/c1-4-21-45(22-5-1)57(46-23-6-2-7-24-46)53-31-17-16-30-52(53)55-54(57)39-43-20-12-13-29-51(43)56(55)58(47-25-8-3-9-26-47)48-36-34-41(35-37-48)49-27-14-15-28-50(49)44-33-32-40-18-10-11-19-42(40)38-44/h1-39H. The van der Waals surface area contributed by atoms with Gasteiger partial charge in [0.15, 0.2) is 0 Å². The van der Waals surface area contributed by atoms with Crippen molar-refractivity contribution in [1.29, 1.82) is 0 Å². The van der Waals surface area contributed by atoms with Crippen LogP contribution in [0.2, 0.25) is 0 Å². The van der Waals surface area contributed by atoms with Crippen LogP contribution in [0.3, 0.4) is 0 Å². The predicted molar refractivity (Wildman–Crippen MR) is 244 cm³/mol. The van der Waals surface area contributed by atoms with Crippen molar-refractivity contribution in [2.45, 2.75) is 5.41 Å². The summed E-state index contributed by atoms with van der Waals surface area (Å²) in [5, 5.41) is 4.92. The molecule has 0 unspecified atom stereocenters. The highest BCUT2D eigenvalue weighted by atomic mass is 15.1. The van der Waals surface area contributed by atoms with Gasteiger partial charge in [0, 0.05) is 22.3 Å². The van der Waals surface area contributed by atoms with Gasteiger partial charge < -0.3 is 4.90 Å². The molecule has 0 fully saturated rings. The maximum atomic E-state index is 2.49. The average Bonchev–Trinajstić information content (AvgIpc) is 3.60. The molecule has 0 bridgehead atoms. The average molecular weight is 738 g/mol. The van der Waals surface area contributed by atoms with E-state index in [2.05, 4.69) is 241 Å². The first kappa shape index (κ1) is 33.8. The lowest BCUT2D eigenvalue weighted by molar-refractivity contribution is 0.769. The van der Waals surface area contributed by atoms with E-state index in [1.54, 1.807) is 0 Å². The van der Waals surface area contributed by atoms with Crippen molar-refractivity contribution in [2.75, 3.05) is 4.90 Å². The van der Waals surface area contributed by atoms with Gasteiger partial charge in [0.05, 0.1) is 11.1 Å². The SMILES string of the molecule is c1ccc(N(c2ccc(-c3ccccc3-c3ccc4ccccc4c3)cc2)c2c3c(cc4ccccc24)C(c2ccccc2)(c2ccccc2)c2ccccc2-3)cc1. The summed E-state index contributed by atoms with van der Waals surface area (Å²) in [5.74, 6) is 0. The zero-order valence-corrected chi connectivity index (χ0v) is 32.0. The van der Waals surface area contributed by atoms with E-state index in [1.165, 1.54) is 82.9 Å². The predicted octanol–water partition coefficient (Wildman–Crippen LogP) is 15.2. The van der Waals surface area contributed by atoms with Gasteiger partial charge >= 0.3 is 0 Å². The van der Waals surface area contributed by atoms with Crippen LogP contribution in [0.5, 0.6) is 0 Å². The first-order valence-corrected chi connectivity index (χ1v) is 20.1. The molecule has 1 heteroatoms. The van der Waals surface area contributed by atoms with Crippen LogP contribution >= 0.6 is 0 Å². The fraction of sp³-hybridized carbons (Fsp3) is 0.0175. The highest BCUT2D eigenvalue weighted by Crippen LogP contribution is 2.61. The van der Waals surface area contributed by atoms with Gasteiger partial charge in [0.2, 0.25) is 0 Å². The number of para-hydroxylation sites is 1. The third-order valence-corrected chi connectivity index (χ3v) is 12.1. The van der Waals surface area contributed by atoms with Gasteiger partial charge in [-0.1, -0.05) is 200 Å². The Morgan fingerprint density at radius 2 is 0.810 bits per heavy atom. The number of rotatable bonds is 7. The van der Waals surface area contributed by atoms with Gasteiger partial charge in [-0.25, -0.2) is 0 Å². The minimum atomic E-state index is -0.522. The number of anilines is 3. The minimum absolute atomic E-state index is 0.522. The van der Waals surface area contributed by atoms with E-state index in [0.717, 1.165) is 11.4 Å². The summed E-state index contributed by atoms with van der Waals surface area (Å²) in [5.41, 5.74) is 15.3. The number of hydrogen-bond donors (Lipinski definition) is 0. The largest absolute Gasteiger partial charge is 0.309 e. The molecule has 1 aliphatic rings. The van der Waals surface area contributed by atoms with Gasteiger partial charge in [0.1, 0.15) is 0 Å². The fourth-order valence-corrected chi connectivity index (χ4v) is 9.59. The summed E-state index contributed by atoms with van der Waals surface area (Å²) in [4.78, 5) is 2.49. The Labute approximate surface area is 339 Å². The Morgan fingerprint density at radius 1 is 0.310 bits per heavy atom. The maximum Gasteiger partial charge on any atom is 0.0714 e. The molecule has 58 heavy (non-hydrogen) atoms. The van der Waals surface area contributed by atoms with Crippen LogP contribution in [-0.4, -0.2) is 0 Å². The molecule has 0 aromatic heterocycles. The van der Waals surface area contributed by atoms with Crippen molar-refractivity contribution in [3.05, 3.63) is 259 Å². The van der Waals surface area contributed by atoms with E-state index < -0.39 is 5.41 Å². The van der Waals surface area contributed by atoms with E-state index in [4.69, 9.17) is 0 Å². The number of nitrogens with zero attached hydrogens (tertiary/aromatic N) is 1. The second-order valence-electron chi connectivity index (χ2n) is 15.2. The Balaban J connectivity index is 1.16. The quantitative estimate of drug-likeness (QED) is 0.157. The smallest absolute Gasteiger partial charge is 0.0714 e. The Kier molecular flexibility index (Phi) is 8.12. The molecule has 0 heterocycles. The molecule has 0 N–H and O–H groups in total. The highest BCUT2D eigenvalue weighted by molar-refractivity contribution is 6.10. The van der Waals surface area contributed by atoms with E-state index in [-0.39, 0.29) is 0 Å². The van der Waals surface area contributed by atoms with Crippen LogP contribution in [0.1, 0.15) is 22.3 Å². The van der Waals surface area contributed by atoms with E-state index >= 15 is 0 Å². The van der Waals surface area contributed by atoms with Crippen LogP contribution in [0.25, 0.3) is 54.9 Å². The molecule has 0 saturated carbocycles. The molecule has 11 rings (SSSR count). The second-order valence-corrected chi connectivity index (χ2v) is 15.2. The molecule has 0 saturated heterocycles. The lowest BCUT2D eigenvalue weighted by Gasteiger charge is -2.35. The molecule has 1 nitrogen and oxygen atoms in total. The zero-order chi connectivity index (χ0) is 38.5. The maximum absolute atomic E-state index is 2.49. The van der Waals surface area contributed by atoms with Crippen molar-refractivity contribution < 1.29 is 0 Å². The summed E-state index contributed by atoms with van der Waals surface area (Å²) in [6.07, 6.45) is 0. The molecule has 0 radical (unpaired) electrons. The molecule has 272 valence electrons. The van der Waals surface area contributed by atoms with Crippen molar-refractivity contribution in [2.24, 2.45) is 0 Å². The summed E-state index contributed by atoms with van der Waals surface area (Å²) < 4.78 is 0. The zero-order valence-electron chi connectivity index (χ0n) is 32.0. The summed E-state index contributed by atoms with van der Waals surface area (Å²) in [6.45, 7) is 0. The van der Waals surface area contributed by atoms with Gasteiger partial charge in [-0.2, -0.15) is 0 Å². The molecule has 0 spiro atoms. The lowest BCUT2D eigenvalue weighted by atomic mass is 9.67. The molecule has 10 aromatic carbocycles. The van der Waals surface area contributed by atoms with Crippen molar-refractivity contribution in [1.82, 2.24) is 0 Å². The van der Waals surface area contributed by atoms with Crippen molar-refractivity contribution in [3.8, 4) is 33.4 Å². The summed E-state index contributed by atoms with van der Waals surface area (Å²) in [7, 11) is 0. The number of hydrogen-bond acceptors (Lipinski definition) is 1. The monoisotopic (exact) mass is 737 g/mol. The van der Waals surface area contributed by atoms with Crippen molar-refractivity contribution >= 4 is 38.6 Å².